The number of hydrogen-bond donors (Lipinski definition) is 1. The van der Waals surface area contributed by atoms with E-state index in [4.69, 9.17) is 10.5 Å². The Morgan fingerprint density at radius 1 is 1.53 bits per heavy atom. The van der Waals surface area contributed by atoms with Gasteiger partial charge in [-0.2, -0.15) is 0 Å². The first kappa shape index (κ1) is 12.3. The van der Waals surface area contributed by atoms with Crippen LogP contribution in [0, 0.1) is 0 Å². The molecule has 4 nitrogen and oxygen atoms in total. The molecular formula is C13H21N3O. The molecule has 2 N–H and O–H groups in total. The van der Waals surface area contributed by atoms with E-state index in [2.05, 4.69) is 16.8 Å². The Bertz CT molecular complexity index is 383. The molecule has 1 aliphatic rings. The summed E-state index contributed by atoms with van der Waals surface area (Å²) in [5, 5.41) is 0. The van der Waals surface area contributed by atoms with Crippen LogP contribution in [0.5, 0.6) is 0 Å². The highest BCUT2D eigenvalue weighted by atomic mass is 16.5. The van der Waals surface area contributed by atoms with Gasteiger partial charge in [0.05, 0.1) is 11.3 Å². The van der Waals surface area contributed by atoms with Gasteiger partial charge in [0, 0.05) is 26.7 Å². The maximum atomic E-state index is 5.62. The molecular weight excluding hydrogens is 214 g/mol. The van der Waals surface area contributed by atoms with Gasteiger partial charge < -0.3 is 15.4 Å². The minimum absolute atomic E-state index is 0.0569. The van der Waals surface area contributed by atoms with E-state index in [0.717, 1.165) is 37.4 Å². The third-order valence-corrected chi connectivity index (χ3v) is 3.48. The molecule has 1 aromatic heterocycles. The molecule has 0 bridgehead atoms. The van der Waals surface area contributed by atoms with Crippen LogP contribution < -0.4 is 10.6 Å². The molecule has 4 heteroatoms. The second kappa shape index (κ2) is 5.02. The van der Waals surface area contributed by atoms with Gasteiger partial charge in [-0.05, 0) is 31.9 Å². The Morgan fingerprint density at radius 2 is 2.35 bits per heavy atom. The van der Waals surface area contributed by atoms with Gasteiger partial charge in [-0.15, -0.1) is 0 Å². The van der Waals surface area contributed by atoms with Gasteiger partial charge in [0.2, 0.25) is 0 Å². The maximum Gasteiger partial charge on any atom is 0.128 e. The van der Waals surface area contributed by atoms with Crippen LogP contribution in [0.3, 0.4) is 0 Å². The lowest BCUT2D eigenvalue weighted by molar-refractivity contribution is -0.00482. The molecule has 1 fully saturated rings. The number of ether oxygens (including phenoxy) is 1. The highest BCUT2D eigenvalue weighted by Gasteiger charge is 2.31. The molecule has 0 aromatic carbocycles. The summed E-state index contributed by atoms with van der Waals surface area (Å²) >= 11 is 0. The summed E-state index contributed by atoms with van der Waals surface area (Å²) in [5.41, 5.74) is 6.50. The zero-order valence-electron chi connectivity index (χ0n) is 10.6. The molecule has 1 aromatic rings. The van der Waals surface area contributed by atoms with Crippen molar-refractivity contribution in [3.8, 4) is 0 Å². The Labute approximate surface area is 103 Å². The largest absolute Gasteiger partial charge is 0.377 e. The topological polar surface area (TPSA) is 51.4 Å². The highest BCUT2D eigenvalue weighted by Crippen LogP contribution is 2.26. The number of anilines is 1. The average molecular weight is 235 g/mol. The fraction of sp³-hybridized carbons (Fsp3) is 0.615. The van der Waals surface area contributed by atoms with Gasteiger partial charge in [-0.1, -0.05) is 6.07 Å². The number of pyridine rings is 1. The van der Waals surface area contributed by atoms with Crippen LogP contribution in [-0.2, 0) is 11.3 Å². The summed E-state index contributed by atoms with van der Waals surface area (Å²) in [5.74, 6) is 1.01. The van der Waals surface area contributed by atoms with Gasteiger partial charge >= 0.3 is 0 Å². The van der Waals surface area contributed by atoms with Crippen molar-refractivity contribution >= 4 is 5.82 Å². The van der Waals surface area contributed by atoms with Gasteiger partial charge in [0.25, 0.3) is 0 Å². The van der Waals surface area contributed by atoms with Gasteiger partial charge in [-0.25, -0.2) is 4.98 Å². The van der Waals surface area contributed by atoms with Crippen molar-refractivity contribution in [3.05, 3.63) is 23.9 Å². The van der Waals surface area contributed by atoms with Crippen LogP contribution in [-0.4, -0.2) is 30.8 Å². The second-order valence-corrected chi connectivity index (χ2v) is 4.87. The monoisotopic (exact) mass is 235 g/mol. The van der Waals surface area contributed by atoms with Gasteiger partial charge in [0.1, 0.15) is 5.82 Å². The molecule has 0 aliphatic carbocycles. The lowest BCUT2D eigenvalue weighted by Gasteiger charge is -2.40. The summed E-state index contributed by atoms with van der Waals surface area (Å²) in [6.45, 7) is 4.58. The molecule has 2 heterocycles. The Balaban J connectivity index is 2.16. The average Bonchev–Trinajstić information content (AvgIpc) is 2.39. The van der Waals surface area contributed by atoms with Crippen LogP contribution in [0.25, 0.3) is 0 Å². The molecule has 17 heavy (non-hydrogen) atoms. The lowest BCUT2D eigenvalue weighted by atomic mass is 9.95. The van der Waals surface area contributed by atoms with Crippen LogP contribution >= 0.6 is 0 Å². The van der Waals surface area contributed by atoms with Crippen molar-refractivity contribution in [2.24, 2.45) is 5.73 Å². The molecule has 94 valence electrons. The third-order valence-electron chi connectivity index (χ3n) is 3.48. The first-order valence-corrected chi connectivity index (χ1v) is 6.13. The summed E-state index contributed by atoms with van der Waals surface area (Å²) < 4.78 is 5.59. The maximum absolute atomic E-state index is 5.62. The van der Waals surface area contributed by atoms with E-state index in [0.29, 0.717) is 6.54 Å². The van der Waals surface area contributed by atoms with Crippen LogP contribution in [0.4, 0.5) is 5.82 Å². The number of nitrogens with two attached hydrogens (primary N) is 1. The van der Waals surface area contributed by atoms with E-state index in [1.54, 1.807) is 7.11 Å². The Kier molecular flexibility index (Phi) is 3.64. The number of methoxy groups -OCH3 is 1. The van der Waals surface area contributed by atoms with Crippen molar-refractivity contribution in [1.29, 1.82) is 0 Å². The van der Waals surface area contributed by atoms with E-state index < -0.39 is 0 Å². The minimum Gasteiger partial charge on any atom is -0.377 e. The number of hydrogen-bond acceptors (Lipinski definition) is 4. The van der Waals surface area contributed by atoms with E-state index in [-0.39, 0.29) is 5.60 Å². The molecule has 1 aliphatic heterocycles. The van der Waals surface area contributed by atoms with E-state index in [1.165, 1.54) is 0 Å². The normalized spacial score (nSPS) is 25.0. The smallest absolute Gasteiger partial charge is 0.128 e. The standard InChI is InChI=1S/C13H21N3O/c1-13(17-2)7-4-8-16(10-13)12-6-3-5-11(9-14)15-12/h3,5-6H,4,7-10,14H2,1-2H3. The van der Waals surface area contributed by atoms with Crippen molar-refractivity contribution in [3.63, 3.8) is 0 Å². The van der Waals surface area contributed by atoms with Crippen molar-refractivity contribution in [2.45, 2.75) is 31.9 Å². The van der Waals surface area contributed by atoms with Gasteiger partial charge in [0.15, 0.2) is 0 Å². The van der Waals surface area contributed by atoms with E-state index in [9.17, 15) is 0 Å². The molecule has 1 unspecified atom stereocenters. The number of aromatic nitrogens is 1. The number of rotatable bonds is 3. The van der Waals surface area contributed by atoms with Crippen LogP contribution in [0.15, 0.2) is 18.2 Å². The summed E-state index contributed by atoms with van der Waals surface area (Å²) in [7, 11) is 1.78. The molecule has 0 spiro atoms. The van der Waals surface area contributed by atoms with Crippen LogP contribution in [0.1, 0.15) is 25.5 Å². The van der Waals surface area contributed by atoms with Crippen molar-refractivity contribution < 1.29 is 4.74 Å². The SMILES string of the molecule is COC1(C)CCCN(c2cccc(CN)n2)C1. The zero-order chi connectivity index (χ0) is 12.3. The first-order valence-electron chi connectivity index (χ1n) is 6.13. The minimum atomic E-state index is -0.0569. The Hall–Kier alpha value is -1.13. The Morgan fingerprint density at radius 3 is 3.06 bits per heavy atom. The quantitative estimate of drug-likeness (QED) is 0.863. The van der Waals surface area contributed by atoms with E-state index >= 15 is 0 Å². The molecule has 0 amide bonds. The zero-order valence-corrected chi connectivity index (χ0v) is 10.6. The third kappa shape index (κ3) is 2.76. The summed E-state index contributed by atoms with van der Waals surface area (Å²) in [6.07, 6.45) is 2.25. The fourth-order valence-corrected chi connectivity index (χ4v) is 2.32. The second-order valence-electron chi connectivity index (χ2n) is 4.87. The summed E-state index contributed by atoms with van der Waals surface area (Å²) in [6, 6.07) is 6.02. The molecule has 1 atom stereocenters. The number of piperidine rings is 1. The van der Waals surface area contributed by atoms with Crippen LogP contribution in [0.2, 0.25) is 0 Å². The first-order chi connectivity index (χ1) is 8.17. The van der Waals surface area contributed by atoms with Gasteiger partial charge in [-0.3, -0.25) is 0 Å². The van der Waals surface area contributed by atoms with Crippen molar-refractivity contribution in [2.75, 3.05) is 25.1 Å². The summed E-state index contributed by atoms with van der Waals surface area (Å²) in [4.78, 5) is 6.84. The highest BCUT2D eigenvalue weighted by molar-refractivity contribution is 5.40. The lowest BCUT2D eigenvalue weighted by Crippen LogP contribution is -2.47. The van der Waals surface area contributed by atoms with Crippen molar-refractivity contribution in [1.82, 2.24) is 4.98 Å². The predicted molar refractivity (Wildman–Crippen MR) is 69.0 cm³/mol. The number of nitrogens with zero attached hydrogens (tertiary/aromatic N) is 2. The molecule has 0 radical (unpaired) electrons. The fourth-order valence-electron chi connectivity index (χ4n) is 2.32. The molecule has 0 saturated carbocycles. The molecule has 1 saturated heterocycles. The predicted octanol–water partition coefficient (Wildman–Crippen LogP) is 1.55. The van der Waals surface area contributed by atoms with E-state index in [1.807, 2.05) is 18.2 Å². The molecule has 2 rings (SSSR count).